The van der Waals surface area contributed by atoms with Gasteiger partial charge in [0.25, 0.3) is 0 Å². The van der Waals surface area contributed by atoms with E-state index in [1.54, 1.807) is 0 Å². The molecule has 1 aliphatic rings. The molecule has 6 heteroatoms. The number of aryl methyl sites for hydroxylation is 1. The number of hydrogen-bond donors (Lipinski definition) is 1. The van der Waals surface area contributed by atoms with E-state index in [-0.39, 0.29) is 11.8 Å². The van der Waals surface area contributed by atoms with Crippen LogP contribution in [-0.2, 0) is 24.5 Å². The number of piperidine rings is 1. The van der Waals surface area contributed by atoms with Gasteiger partial charge in [0, 0.05) is 18.8 Å². The number of para-hydroxylation sites is 2. The van der Waals surface area contributed by atoms with Crippen molar-refractivity contribution in [2.45, 2.75) is 39.5 Å². The lowest BCUT2D eigenvalue weighted by atomic mass is 9.97. The number of anilines is 1. The number of amides is 1. The number of benzene rings is 3. The van der Waals surface area contributed by atoms with Crippen LogP contribution in [0.5, 0.6) is 5.75 Å². The number of hydrogen-bond acceptors (Lipinski definition) is 4. The minimum absolute atomic E-state index is 0.0304. The average Bonchev–Trinajstić information content (AvgIpc) is 3.26. The lowest BCUT2D eigenvalue weighted by molar-refractivity contribution is -0.121. The van der Waals surface area contributed by atoms with E-state index in [1.807, 2.05) is 60.7 Å². The van der Waals surface area contributed by atoms with Gasteiger partial charge in [0.15, 0.2) is 0 Å². The predicted octanol–water partition coefficient (Wildman–Crippen LogP) is 5.49. The van der Waals surface area contributed by atoms with Gasteiger partial charge in [-0.2, -0.15) is 0 Å². The molecule has 1 aromatic heterocycles. The number of fused-ring (bicyclic) bond motifs is 1. The summed E-state index contributed by atoms with van der Waals surface area (Å²) < 4.78 is 8.13. The van der Waals surface area contributed by atoms with Gasteiger partial charge in [-0.05, 0) is 68.3 Å². The number of carbonyl (C=O) groups excluding carboxylic acids is 1. The number of ether oxygens (including phenoxy) is 1. The first-order chi connectivity index (χ1) is 17.2. The molecular weight excluding hydrogens is 436 g/mol. The Labute approximate surface area is 206 Å². The summed E-state index contributed by atoms with van der Waals surface area (Å²) in [6, 6.07) is 26.0. The van der Waals surface area contributed by atoms with Gasteiger partial charge in [-0.15, -0.1) is 0 Å². The summed E-state index contributed by atoms with van der Waals surface area (Å²) in [5, 5.41) is 3.10. The highest BCUT2D eigenvalue weighted by Gasteiger charge is 2.27. The fourth-order valence-electron chi connectivity index (χ4n) is 4.83. The monoisotopic (exact) mass is 468 g/mol. The second-order valence-corrected chi connectivity index (χ2v) is 9.12. The molecule has 1 atom stereocenters. The number of rotatable bonds is 8. The number of likely N-dealkylation sites (tertiary alicyclic amines) is 1. The van der Waals surface area contributed by atoms with Gasteiger partial charge in [-0.3, -0.25) is 9.69 Å². The molecule has 0 spiro atoms. The number of imidazole rings is 1. The predicted molar refractivity (Wildman–Crippen MR) is 139 cm³/mol. The molecule has 35 heavy (non-hydrogen) atoms. The lowest BCUT2D eigenvalue weighted by Gasteiger charge is -2.31. The van der Waals surface area contributed by atoms with Crippen LogP contribution >= 0.6 is 0 Å². The maximum absolute atomic E-state index is 13.0. The van der Waals surface area contributed by atoms with Crippen molar-refractivity contribution in [3.63, 3.8) is 0 Å². The molecule has 0 aliphatic carbocycles. The molecule has 4 aromatic rings. The van der Waals surface area contributed by atoms with Crippen molar-refractivity contribution < 1.29 is 9.53 Å². The Kier molecular flexibility index (Phi) is 7.09. The normalized spacial score (nSPS) is 16.3. The van der Waals surface area contributed by atoms with Crippen molar-refractivity contribution in [3.8, 4) is 5.75 Å². The molecule has 0 saturated carbocycles. The van der Waals surface area contributed by atoms with Crippen molar-refractivity contribution in [3.05, 3.63) is 90.3 Å². The minimum Gasteiger partial charge on any atom is -0.489 e. The fourth-order valence-corrected chi connectivity index (χ4v) is 4.83. The standard InChI is InChI=1S/C29H32N4O2/c1-2-33-27-13-7-6-12-26(27)31-28(33)20-32-18-8-11-23(19-32)29(34)30-24-14-16-25(17-15-24)35-21-22-9-4-3-5-10-22/h3-7,9-10,12-17,23H,2,8,11,18-21H2,1H3,(H,30,34)/t23-/m0/s1. The van der Waals surface area contributed by atoms with E-state index >= 15 is 0 Å². The van der Waals surface area contributed by atoms with Crippen molar-refractivity contribution in [2.24, 2.45) is 5.92 Å². The maximum atomic E-state index is 13.0. The second-order valence-electron chi connectivity index (χ2n) is 9.12. The molecule has 1 amide bonds. The summed E-state index contributed by atoms with van der Waals surface area (Å²) in [5.74, 6) is 1.91. The Morgan fingerprint density at radius 3 is 2.60 bits per heavy atom. The highest BCUT2D eigenvalue weighted by Crippen LogP contribution is 2.23. The first-order valence-corrected chi connectivity index (χ1v) is 12.4. The van der Waals surface area contributed by atoms with E-state index in [2.05, 4.69) is 39.9 Å². The summed E-state index contributed by atoms with van der Waals surface area (Å²) in [4.78, 5) is 20.3. The quantitative estimate of drug-likeness (QED) is 0.372. The molecule has 0 radical (unpaired) electrons. The van der Waals surface area contributed by atoms with Crippen molar-refractivity contribution >= 4 is 22.6 Å². The van der Waals surface area contributed by atoms with E-state index in [0.717, 1.165) is 67.4 Å². The highest BCUT2D eigenvalue weighted by molar-refractivity contribution is 5.92. The molecule has 0 bridgehead atoms. The SMILES string of the molecule is CCn1c(CN2CCC[C@H](C(=O)Nc3ccc(OCc4ccccc4)cc3)C2)nc2ccccc21. The van der Waals surface area contributed by atoms with Crippen LogP contribution in [0.2, 0.25) is 0 Å². The summed E-state index contributed by atoms with van der Waals surface area (Å²) in [7, 11) is 0. The molecule has 180 valence electrons. The van der Waals surface area contributed by atoms with Crippen molar-refractivity contribution in [2.75, 3.05) is 18.4 Å². The molecule has 1 fully saturated rings. The molecule has 3 aromatic carbocycles. The fraction of sp³-hybridized carbons (Fsp3) is 0.310. The Morgan fingerprint density at radius 2 is 1.80 bits per heavy atom. The van der Waals surface area contributed by atoms with Crippen molar-refractivity contribution in [1.82, 2.24) is 14.5 Å². The van der Waals surface area contributed by atoms with E-state index in [0.29, 0.717) is 6.61 Å². The third-order valence-corrected chi connectivity index (χ3v) is 6.66. The first-order valence-electron chi connectivity index (χ1n) is 12.4. The second kappa shape index (κ2) is 10.7. The van der Waals surface area contributed by atoms with Gasteiger partial charge < -0.3 is 14.6 Å². The Hall–Kier alpha value is -3.64. The number of aromatic nitrogens is 2. The van der Waals surface area contributed by atoms with E-state index in [9.17, 15) is 4.79 Å². The van der Waals surface area contributed by atoms with Gasteiger partial charge in [-0.25, -0.2) is 4.98 Å². The molecule has 2 heterocycles. The zero-order valence-electron chi connectivity index (χ0n) is 20.2. The van der Waals surface area contributed by atoms with Gasteiger partial charge in [0.2, 0.25) is 5.91 Å². The molecule has 1 aliphatic heterocycles. The summed E-state index contributed by atoms with van der Waals surface area (Å²) in [6.45, 7) is 6.07. The van der Waals surface area contributed by atoms with E-state index in [1.165, 1.54) is 5.52 Å². The van der Waals surface area contributed by atoms with Crippen LogP contribution in [0.15, 0.2) is 78.9 Å². The van der Waals surface area contributed by atoms with Gasteiger partial charge in [0.1, 0.15) is 18.2 Å². The minimum atomic E-state index is -0.0304. The Balaban J connectivity index is 1.17. The third-order valence-electron chi connectivity index (χ3n) is 6.66. The molecule has 1 saturated heterocycles. The van der Waals surface area contributed by atoms with Crippen LogP contribution in [0, 0.1) is 5.92 Å². The summed E-state index contributed by atoms with van der Waals surface area (Å²) >= 11 is 0. The largest absolute Gasteiger partial charge is 0.489 e. The van der Waals surface area contributed by atoms with Gasteiger partial charge in [0.05, 0.1) is 23.5 Å². The zero-order valence-corrected chi connectivity index (χ0v) is 20.2. The smallest absolute Gasteiger partial charge is 0.228 e. The topological polar surface area (TPSA) is 59.4 Å². The maximum Gasteiger partial charge on any atom is 0.228 e. The number of carbonyl (C=O) groups is 1. The molecule has 5 rings (SSSR count). The van der Waals surface area contributed by atoms with Crippen LogP contribution in [-0.4, -0.2) is 33.4 Å². The first kappa shape index (κ1) is 23.1. The Morgan fingerprint density at radius 1 is 1.03 bits per heavy atom. The summed E-state index contributed by atoms with van der Waals surface area (Å²) in [5.41, 5.74) is 4.13. The molecule has 6 nitrogen and oxygen atoms in total. The van der Waals surface area contributed by atoms with Crippen LogP contribution < -0.4 is 10.1 Å². The van der Waals surface area contributed by atoms with E-state index in [4.69, 9.17) is 9.72 Å². The summed E-state index contributed by atoms with van der Waals surface area (Å²) in [6.07, 6.45) is 1.92. The van der Waals surface area contributed by atoms with Crippen LogP contribution in [0.1, 0.15) is 31.2 Å². The Bertz CT molecular complexity index is 1270. The van der Waals surface area contributed by atoms with Crippen molar-refractivity contribution in [1.29, 1.82) is 0 Å². The third kappa shape index (κ3) is 5.54. The average molecular weight is 469 g/mol. The van der Waals surface area contributed by atoms with Gasteiger partial charge >= 0.3 is 0 Å². The molecular formula is C29H32N4O2. The van der Waals surface area contributed by atoms with Gasteiger partial charge in [-0.1, -0.05) is 42.5 Å². The zero-order chi connectivity index (χ0) is 24.0. The molecule has 1 N–H and O–H groups in total. The van der Waals surface area contributed by atoms with Crippen LogP contribution in [0.4, 0.5) is 5.69 Å². The number of nitrogens with one attached hydrogen (secondary N) is 1. The van der Waals surface area contributed by atoms with E-state index < -0.39 is 0 Å². The van der Waals surface area contributed by atoms with Crippen LogP contribution in [0.3, 0.4) is 0 Å². The lowest BCUT2D eigenvalue weighted by Crippen LogP contribution is -2.40. The molecule has 0 unspecified atom stereocenters. The number of nitrogens with zero attached hydrogens (tertiary/aromatic N) is 3. The highest BCUT2D eigenvalue weighted by atomic mass is 16.5. The van der Waals surface area contributed by atoms with Crippen LogP contribution in [0.25, 0.3) is 11.0 Å².